The molecule has 0 amide bonds. The summed E-state index contributed by atoms with van der Waals surface area (Å²) in [4.78, 5) is 3.79. The molecule has 0 saturated heterocycles. The lowest BCUT2D eigenvalue weighted by atomic mass is 10.1. The number of methoxy groups -OCH3 is 1. The lowest BCUT2D eigenvalue weighted by molar-refractivity contribution is -0.0154. The maximum Gasteiger partial charge on any atom is 0.166 e. The van der Waals surface area contributed by atoms with Gasteiger partial charge in [-0.15, -0.1) is 0 Å². The van der Waals surface area contributed by atoms with Crippen molar-refractivity contribution in [1.82, 2.24) is 4.98 Å². The first-order chi connectivity index (χ1) is 7.10. The minimum absolute atomic E-state index is 0.201. The van der Waals surface area contributed by atoms with Crippen molar-refractivity contribution < 1.29 is 20.1 Å². The summed E-state index contributed by atoms with van der Waals surface area (Å²) in [6.45, 7) is -0.534. The Kier molecular flexibility index (Phi) is 3.84. The van der Waals surface area contributed by atoms with Gasteiger partial charge in [-0.1, -0.05) is 0 Å². The summed E-state index contributed by atoms with van der Waals surface area (Å²) in [6, 6.07) is 1.46. The largest absolute Gasteiger partial charge is 0.493 e. The Morgan fingerprint density at radius 3 is 2.73 bits per heavy atom. The van der Waals surface area contributed by atoms with Gasteiger partial charge in [0, 0.05) is 11.8 Å². The van der Waals surface area contributed by atoms with E-state index in [4.69, 9.17) is 15.6 Å². The number of anilines is 1. The molecule has 2 atom stereocenters. The van der Waals surface area contributed by atoms with E-state index in [0.717, 1.165) is 0 Å². The van der Waals surface area contributed by atoms with Gasteiger partial charge in [0.25, 0.3) is 0 Å². The van der Waals surface area contributed by atoms with Crippen LogP contribution in [0.5, 0.6) is 5.75 Å². The quantitative estimate of drug-likeness (QED) is 0.515. The number of hydrogen-bond acceptors (Lipinski definition) is 6. The van der Waals surface area contributed by atoms with Crippen molar-refractivity contribution >= 4 is 5.82 Å². The van der Waals surface area contributed by atoms with Crippen molar-refractivity contribution in [2.75, 3.05) is 19.5 Å². The van der Waals surface area contributed by atoms with Crippen LogP contribution in [0.4, 0.5) is 5.82 Å². The van der Waals surface area contributed by atoms with Gasteiger partial charge in [0.05, 0.1) is 13.7 Å². The lowest BCUT2D eigenvalue weighted by Crippen LogP contribution is -2.22. The van der Waals surface area contributed by atoms with Crippen LogP contribution in [0.25, 0.3) is 0 Å². The number of aliphatic hydroxyl groups excluding tert-OH is 3. The molecule has 15 heavy (non-hydrogen) atoms. The fourth-order valence-corrected chi connectivity index (χ4v) is 1.12. The third-order valence-corrected chi connectivity index (χ3v) is 2.02. The van der Waals surface area contributed by atoms with Crippen LogP contribution in [0, 0.1) is 0 Å². The number of rotatable bonds is 4. The highest BCUT2D eigenvalue weighted by molar-refractivity contribution is 5.47. The molecule has 6 nitrogen and oxygen atoms in total. The van der Waals surface area contributed by atoms with Crippen LogP contribution < -0.4 is 10.5 Å². The second-order valence-corrected chi connectivity index (χ2v) is 3.05. The summed E-state index contributed by atoms with van der Waals surface area (Å²) in [5.41, 5.74) is 5.81. The molecule has 1 aromatic heterocycles. The van der Waals surface area contributed by atoms with Gasteiger partial charge in [0.2, 0.25) is 0 Å². The van der Waals surface area contributed by atoms with E-state index in [2.05, 4.69) is 4.98 Å². The summed E-state index contributed by atoms with van der Waals surface area (Å²) in [5.74, 6) is 0.517. The summed E-state index contributed by atoms with van der Waals surface area (Å²) < 4.78 is 4.91. The predicted octanol–water partition coefficient (Wildman–Crippen LogP) is -0.941. The van der Waals surface area contributed by atoms with Crippen molar-refractivity contribution in [3.63, 3.8) is 0 Å². The standard InChI is InChI=1S/C9H14N2O4/c1-15-7-2-5(3-11-9(7)10)8(14)6(13)4-12/h2-3,6,8,12-14H,4H2,1H3,(H2,10,11). The third kappa shape index (κ3) is 2.56. The zero-order valence-corrected chi connectivity index (χ0v) is 8.29. The zero-order chi connectivity index (χ0) is 11.4. The molecule has 0 fully saturated rings. The molecule has 84 valence electrons. The summed E-state index contributed by atoms with van der Waals surface area (Å²) in [5, 5.41) is 27.4. The van der Waals surface area contributed by atoms with E-state index < -0.39 is 18.8 Å². The number of nitrogen functional groups attached to an aromatic ring is 1. The lowest BCUT2D eigenvalue weighted by Gasteiger charge is -2.16. The molecule has 0 saturated carbocycles. The second kappa shape index (κ2) is 4.92. The van der Waals surface area contributed by atoms with Crippen LogP contribution in [-0.4, -0.2) is 40.1 Å². The highest BCUT2D eigenvalue weighted by Crippen LogP contribution is 2.24. The molecule has 0 bridgehead atoms. The van der Waals surface area contributed by atoms with Gasteiger partial charge in [-0.25, -0.2) is 4.98 Å². The molecular weight excluding hydrogens is 200 g/mol. The molecule has 0 aliphatic rings. The smallest absolute Gasteiger partial charge is 0.166 e. The average Bonchev–Trinajstić information content (AvgIpc) is 2.27. The van der Waals surface area contributed by atoms with Crippen molar-refractivity contribution in [3.05, 3.63) is 17.8 Å². The minimum Gasteiger partial charge on any atom is -0.493 e. The number of ether oxygens (including phenoxy) is 1. The molecule has 0 radical (unpaired) electrons. The summed E-state index contributed by atoms with van der Waals surface area (Å²) in [6.07, 6.45) is -1.14. The van der Waals surface area contributed by atoms with Crippen molar-refractivity contribution in [2.45, 2.75) is 12.2 Å². The molecule has 1 heterocycles. The molecule has 6 heteroatoms. The van der Waals surface area contributed by atoms with E-state index in [0.29, 0.717) is 11.3 Å². The van der Waals surface area contributed by atoms with Gasteiger partial charge in [0.15, 0.2) is 11.6 Å². The Morgan fingerprint density at radius 1 is 1.53 bits per heavy atom. The molecule has 0 aromatic carbocycles. The maximum atomic E-state index is 9.55. The first-order valence-electron chi connectivity index (χ1n) is 4.36. The number of aliphatic hydroxyl groups is 3. The molecule has 0 aliphatic carbocycles. The van der Waals surface area contributed by atoms with E-state index in [1.165, 1.54) is 19.4 Å². The van der Waals surface area contributed by atoms with E-state index >= 15 is 0 Å². The van der Waals surface area contributed by atoms with E-state index in [1.54, 1.807) is 0 Å². The molecular formula is C9H14N2O4. The number of nitrogens with two attached hydrogens (primary N) is 1. The highest BCUT2D eigenvalue weighted by atomic mass is 16.5. The number of aromatic nitrogens is 1. The maximum absolute atomic E-state index is 9.55. The minimum atomic E-state index is -1.25. The van der Waals surface area contributed by atoms with E-state index in [9.17, 15) is 10.2 Å². The number of nitrogens with zero attached hydrogens (tertiary/aromatic N) is 1. The molecule has 1 rings (SSSR count). The summed E-state index contributed by atoms with van der Waals surface area (Å²) >= 11 is 0. The van der Waals surface area contributed by atoms with Gasteiger partial charge < -0.3 is 25.8 Å². The Hall–Kier alpha value is -1.37. The summed E-state index contributed by atoms with van der Waals surface area (Å²) in [7, 11) is 1.42. The average molecular weight is 214 g/mol. The normalized spacial score (nSPS) is 14.7. The molecule has 0 aliphatic heterocycles. The molecule has 1 aromatic rings. The van der Waals surface area contributed by atoms with Crippen LogP contribution in [0.3, 0.4) is 0 Å². The van der Waals surface area contributed by atoms with Crippen LogP contribution in [0.1, 0.15) is 11.7 Å². The molecule has 5 N–H and O–H groups in total. The zero-order valence-electron chi connectivity index (χ0n) is 8.29. The van der Waals surface area contributed by atoms with Crippen LogP contribution >= 0.6 is 0 Å². The van der Waals surface area contributed by atoms with Gasteiger partial charge in [-0.3, -0.25) is 0 Å². The predicted molar refractivity (Wildman–Crippen MR) is 53.3 cm³/mol. The number of pyridine rings is 1. The van der Waals surface area contributed by atoms with E-state index in [1.807, 2.05) is 0 Å². The SMILES string of the molecule is COc1cc(C(O)C(O)CO)cnc1N. The van der Waals surface area contributed by atoms with E-state index in [-0.39, 0.29) is 5.82 Å². The molecule has 2 unspecified atom stereocenters. The van der Waals surface area contributed by atoms with Gasteiger partial charge >= 0.3 is 0 Å². The molecule has 0 spiro atoms. The van der Waals surface area contributed by atoms with Crippen LogP contribution in [-0.2, 0) is 0 Å². The van der Waals surface area contributed by atoms with Gasteiger partial charge in [-0.2, -0.15) is 0 Å². The third-order valence-electron chi connectivity index (χ3n) is 2.02. The monoisotopic (exact) mass is 214 g/mol. The first-order valence-corrected chi connectivity index (χ1v) is 4.36. The van der Waals surface area contributed by atoms with Crippen molar-refractivity contribution in [3.8, 4) is 5.75 Å². The highest BCUT2D eigenvalue weighted by Gasteiger charge is 2.18. The van der Waals surface area contributed by atoms with Gasteiger partial charge in [-0.05, 0) is 6.07 Å². The fourth-order valence-electron chi connectivity index (χ4n) is 1.12. The Morgan fingerprint density at radius 2 is 2.20 bits per heavy atom. The second-order valence-electron chi connectivity index (χ2n) is 3.05. The van der Waals surface area contributed by atoms with Crippen LogP contribution in [0.2, 0.25) is 0 Å². The number of hydrogen-bond donors (Lipinski definition) is 4. The van der Waals surface area contributed by atoms with Gasteiger partial charge in [0.1, 0.15) is 12.2 Å². The Balaban J connectivity index is 2.95. The van der Waals surface area contributed by atoms with Crippen molar-refractivity contribution in [1.29, 1.82) is 0 Å². The van der Waals surface area contributed by atoms with Crippen LogP contribution in [0.15, 0.2) is 12.3 Å². The van der Waals surface area contributed by atoms with Crippen molar-refractivity contribution in [2.24, 2.45) is 0 Å². The Bertz CT molecular complexity index is 332. The Labute approximate surface area is 86.9 Å². The topological polar surface area (TPSA) is 109 Å². The fraction of sp³-hybridized carbons (Fsp3) is 0.444. The first kappa shape index (κ1) is 11.7.